The second-order valence-corrected chi connectivity index (χ2v) is 5.28. The van der Waals surface area contributed by atoms with E-state index in [0.717, 1.165) is 20.5 Å². The predicted molar refractivity (Wildman–Crippen MR) is 65.4 cm³/mol. The van der Waals surface area contributed by atoms with E-state index in [0.29, 0.717) is 5.69 Å². The van der Waals surface area contributed by atoms with Gasteiger partial charge < -0.3 is 5.32 Å². The van der Waals surface area contributed by atoms with Gasteiger partial charge in [-0.05, 0) is 12.1 Å². The molecule has 0 aliphatic heterocycles. The van der Waals surface area contributed by atoms with E-state index in [1.807, 2.05) is 19.3 Å². The van der Waals surface area contributed by atoms with Gasteiger partial charge in [0.15, 0.2) is 11.4 Å². The minimum atomic E-state index is 0.448. The van der Waals surface area contributed by atoms with Gasteiger partial charge in [-0.1, -0.05) is 23.1 Å². The van der Waals surface area contributed by atoms with Gasteiger partial charge in [0.05, 0.1) is 10.4 Å². The molecule has 82 valence electrons. The molecule has 0 unspecified atom stereocenters. The average molecular weight is 251 g/mol. The van der Waals surface area contributed by atoms with Crippen LogP contribution in [-0.2, 0) is 0 Å². The highest BCUT2D eigenvalue weighted by atomic mass is 32.2. The molecule has 0 aromatic carbocycles. The maximum atomic E-state index is 10.6. The van der Waals surface area contributed by atoms with Crippen LogP contribution in [0.3, 0.4) is 0 Å². The number of hydrogen-bond donors (Lipinski definition) is 1. The largest absolute Gasteiger partial charge is 0.365 e. The number of nitrogens with one attached hydrogen (secondary N) is 1. The van der Waals surface area contributed by atoms with Crippen LogP contribution in [0.15, 0.2) is 33.6 Å². The van der Waals surface area contributed by atoms with E-state index < -0.39 is 0 Å². The fourth-order valence-electron chi connectivity index (χ4n) is 1.09. The molecule has 0 radical (unpaired) electrons. The summed E-state index contributed by atoms with van der Waals surface area (Å²) in [6, 6.07) is 3.63. The number of anilines is 1. The number of aromatic nitrogens is 2. The first-order chi connectivity index (χ1) is 7.81. The van der Waals surface area contributed by atoms with E-state index in [9.17, 15) is 4.79 Å². The predicted octanol–water partition coefficient (Wildman–Crippen LogP) is 2.54. The van der Waals surface area contributed by atoms with Crippen LogP contribution in [0.4, 0.5) is 5.13 Å². The van der Waals surface area contributed by atoms with Gasteiger partial charge in [0.2, 0.25) is 0 Å². The van der Waals surface area contributed by atoms with Crippen molar-refractivity contribution in [1.29, 1.82) is 0 Å². The van der Waals surface area contributed by atoms with Gasteiger partial charge in [-0.25, -0.2) is 4.98 Å². The van der Waals surface area contributed by atoms with Crippen molar-refractivity contribution in [2.45, 2.75) is 9.10 Å². The minimum absolute atomic E-state index is 0.448. The highest BCUT2D eigenvalue weighted by Gasteiger charge is 2.03. The van der Waals surface area contributed by atoms with Crippen molar-refractivity contribution in [2.24, 2.45) is 0 Å². The standard InChI is InChI=1S/C10H9N3OS2/c1-11-10-13-5-9(16-10)15-8-2-3-12-7(4-8)6-14/h2-6H,1H3,(H,11,13). The van der Waals surface area contributed by atoms with Crippen LogP contribution in [0, 0.1) is 0 Å². The Kier molecular flexibility index (Phi) is 3.53. The monoisotopic (exact) mass is 251 g/mol. The fraction of sp³-hybridized carbons (Fsp3) is 0.100. The molecule has 0 bridgehead atoms. The second kappa shape index (κ2) is 5.09. The molecular formula is C10H9N3OS2. The van der Waals surface area contributed by atoms with Crippen molar-refractivity contribution in [1.82, 2.24) is 9.97 Å². The first-order valence-corrected chi connectivity index (χ1v) is 6.18. The molecule has 0 aliphatic carbocycles. The maximum Gasteiger partial charge on any atom is 0.183 e. The van der Waals surface area contributed by atoms with Crippen molar-refractivity contribution >= 4 is 34.5 Å². The van der Waals surface area contributed by atoms with Gasteiger partial charge in [-0.2, -0.15) is 0 Å². The van der Waals surface area contributed by atoms with E-state index in [1.165, 1.54) is 0 Å². The number of hydrogen-bond acceptors (Lipinski definition) is 6. The molecule has 0 spiro atoms. The molecule has 0 aliphatic rings. The lowest BCUT2D eigenvalue weighted by Crippen LogP contribution is -1.84. The van der Waals surface area contributed by atoms with Gasteiger partial charge in [0, 0.05) is 18.1 Å². The fourth-order valence-corrected chi connectivity index (χ4v) is 2.94. The lowest BCUT2D eigenvalue weighted by atomic mass is 10.4. The summed E-state index contributed by atoms with van der Waals surface area (Å²) in [5, 5.41) is 3.86. The van der Waals surface area contributed by atoms with Gasteiger partial charge in [-0.3, -0.25) is 9.78 Å². The van der Waals surface area contributed by atoms with Crippen molar-refractivity contribution in [2.75, 3.05) is 12.4 Å². The summed E-state index contributed by atoms with van der Waals surface area (Å²) in [6.45, 7) is 0. The summed E-state index contributed by atoms with van der Waals surface area (Å²) in [5.74, 6) is 0. The molecule has 4 nitrogen and oxygen atoms in total. The average Bonchev–Trinajstić information content (AvgIpc) is 2.77. The molecule has 2 aromatic heterocycles. The SMILES string of the molecule is CNc1ncc(Sc2ccnc(C=O)c2)s1. The van der Waals surface area contributed by atoms with Crippen LogP contribution in [0.25, 0.3) is 0 Å². The van der Waals surface area contributed by atoms with Crippen LogP contribution in [-0.4, -0.2) is 23.3 Å². The van der Waals surface area contributed by atoms with Crippen LogP contribution in [0.5, 0.6) is 0 Å². The smallest absolute Gasteiger partial charge is 0.183 e. The Morgan fingerprint density at radius 1 is 1.50 bits per heavy atom. The van der Waals surface area contributed by atoms with Gasteiger partial charge in [0.25, 0.3) is 0 Å². The Balaban J connectivity index is 2.16. The second-order valence-electron chi connectivity index (χ2n) is 2.87. The Hall–Kier alpha value is -1.40. The number of pyridine rings is 1. The molecule has 0 saturated heterocycles. The van der Waals surface area contributed by atoms with Crippen LogP contribution < -0.4 is 5.32 Å². The molecule has 0 atom stereocenters. The van der Waals surface area contributed by atoms with Gasteiger partial charge >= 0.3 is 0 Å². The number of carbonyl (C=O) groups excluding carboxylic acids is 1. The zero-order valence-corrected chi connectivity index (χ0v) is 10.1. The third-order valence-corrected chi connectivity index (χ3v) is 3.90. The highest BCUT2D eigenvalue weighted by Crippen LogP contribution is 2.33. The van der Waals surface area contributed by atoms with Crippen molar-refractivity contribution in [3.05, 3.63) is 30.2 Å². The zero-order valence-electron chi connectivity index (χ0n) is 8.51. The number of aldehydes is 1. The summed E-state index contributed by atoms with van der Waals surface area (Å²) in [6.07, 6.45) is 4.18. The summed E-state index contributed by atoms with van der Waals surface area (Å²) in [7, 11) is 1.84. The molecule has 1 N–H and O–H groups in total. The zero-order chi connectivity index (χ0) is 11.4. The molecule has 16 heavy (non-hydrogen) atoms. The van der Waals surface area contributed by atoms with E-state index in [-0.39, 0.29) is 0 Å². The van der Waals surface area contributed by atoms with E-state index in [1.54, 1.807) is 35.4 Å². The topological polar surface area (TPSA) is 54.9 Å². The van der Waals surface area contributed by atoms with E-state index in [2.05, 4.69) is 15.3 Å². The van der Waals surface area contributed by atoms with Crippen molar-refractivity contribution in [3.8, 4) is 0 Å². The Labute approximate surface area is 101 Å². The van der Waals surface area contributed by atoms with Crippen LogP contribution in [0.2, 0.25) is 0 Å². The molecule has 0 amide bonds. The Bertz CT molecular complexity index is 498. The Morgan fingerprint density at radius 3 is 3.06 bits per heavy atom. The normalized spacial score (nSPS) is 10.1. The number of thiazole rings is 1. The molecule has 2 heterocycles. The van der Waals surface area contributed by atoms with Crippen LogP contribution >= 0.6 is 23.1 Å². The molecule has 2 rings (SSSR count). The lowest BCUT2D eigenvalue weighted by Gasteiger charge is -1.97. The van der Waals surface area contributed by atoms with Crippen LogP contribution in [0.1, 0.15) is 10.5 Å². The van der Waals surface area contributed by atoms with E-state index >= 15 is 0 Å². The number of carbonyl (C=O) groups is 1. The molecule has 0 saturated carbocycles. The highest BCUT2D eigenvalue weighted by molar-refractivity contribution is 8.01. The molecule has 2 aromatic rings. The van der Waals surface area contributed by atoms with Crippen molar-refractivity contribution in [3.63, 3.8) is 0 Å². The summed E-state index contributed by atoms with van der Waals surface area (Å²) in [4.78, 5) is 19.6. The van der Waals surface area contributed by atoms with Crippen molar-refractivity contribution < 1.29 is 4.79 Å². The quantitative estimate of drug-likeness (QED) is 0.846. The number of rotatable bonds is 4. The molecular weight excluding hydrogens is 242 g/mol. The Morgan fingerprint density at radius 2 is 2.38 bits per heavy atom. The number of nitrogens with zero attached hydrogens (tertiary/aromatic N) is 2. The third kappa shape index (κ3) is 2.59. The summed E-state index contributed by atoms with van der Waals surface area (Å²) < 4.78 is 1.08. The summed E-state index contributed by atoms with van der Waals surface area (Å²) in [5.41, 5.74) is 0.448. The molecule has 0 fully saturated rings. The minimum Gasteiger partial charge on any atom is -0.365 e. The maximum absolute atomic E-state index is 10.6. The van der Waals surface area contributed by atoms with E-state index in [4.69, 9.17) is 0 Å². The first-order valence-electron chi connectivity index (χ1n) is 4.54. The third-order valence-electron chi connectivity index (χ3n) is 1.79. The lowest BCUT2D eigenvalue weighted by molar-refractivity contribution is 0.111. The summed E-state index contributed by atoms with van der Waals surface area (Å²) >= 11 is 3.14. The van der Waals surface area contributed by atoms with Gasteiger partial charge in [-0.15, -0.1) is 0 Å². The first kappa shape index (κ1) is 11.1. The van der Waals surface area contributed by atoms with Gasteiger partial charge in [0.1, 0.15) is 5.69 Å². The molecule has 6 heteroatoms.